The summed E-state index contributed by atoms with van der Waals surface area (Å²) in [5, 5.41) is 0.573. The summed E-state index contributed by atoms with van der Waals surface area (Å²) in [4.78, 5) is 12.3. The maximum atomic E-state index is 11.0. The lowest BCUT2D eigenvalue weighted by Gasteiger charge is -2.12. The number of thioether (sulfide) groups is 1. The van der Waals surface area contributed by atoms with Crippen LogP contribution in [0.1, 0.15) is 38.3 Å². The van der Waals surface area contributed by atoms with Gasteiger partial charge in [0.15, 0.2) is 0 Å². The van der Waals surface area contributed by atoms with E-state index in [1.165, 1.54) is 12.0 Å². The van der Waals surface area contributed by atoms with Crippen molar-refractivity contribution in [2.75, 3.05) is 7.11 Å². The van der Waals surface area contributed by atoms with Crippen molar-refractivity contribution in [2.45, 2.75) is 42.9 Å². The van der Waals surface area contributed by atoms with Crippen molar-refractivity contribution in [3.05, 3.63) is 29.8 Å². The summed E-state index contributed by atoms with van der Waals surface area (Å²) >= 11 is 1.83. The van der Waals surface area contributed by atoms with E-state index in [9.17, 15) is 4.79 Å². The van der Waals surface area contributed by atoms with E-state index in [4.69, 9.17) is 5.73 Å². The van der Waals surface area contributed by atoms with E-state index < -0.39 is 0 Å². The first-order valence-corrected chi connectivity index (χ1v) is 7.00. The fraction of sp³-hybridized carbons (Fsp3) is 0.500. The largest absolute Gasteiger partial charge is 0.469 e. The van der Waals surface area contributed by atoms with Gasteiger partial charge in [0, 0.05) is 22.6 Å². The van der Waals surface area contributed by atoms with Crippen LogP contribution >= 0.6 is 11.8 Å². The van der Waals surface area contributed by atoms with E-state index in [2.05, 4.69) is 30.7 Å². The van der Waals surface area contributed by atoms with Crippen molar-refractivity contribution < 1.29 is 9.53 Å². The summed E-state index contributed by atoms with van der Waals surface area (Å²) in [6, 6.07) is 8.12. The molecule has 1 unspecified atom stereocenters. The van der Waals surface area contributed by atoms with Crippen LogP contribution in [0.2, 0.25) is 0 Å². The molecule has 18 heavy (non-hydrogen) atoms. The second kappa shape index (κ2) is 7.44. The number of carbonyl (C=O) groups is 1. The molecule has 1 aromatic carbocycles. The number of carbonyl (C=O) groups excluding carboxylic acids is 1. The van der Waals surface area contributed by atoms with Gasteiger partial charge < -0.3 is 10.5 Å². The molecule has 1 atom stereocenters. The van der Waals surface area contributed by atoms with Gasteiger partial charge in [0.2, 0.25) is 0 Å². The Bertz CT molecular complexity index is 376. The topological polar surface area (TPSA) is 52.3 Å². The standard InChI is InChI=1S/C14H21NO2S/c1-10(2)18-12-6-4-11(5-7-12)13(15)8-9-14(16)17-3/h4-7,10,13H,8-9,15H2,1-3H3. The molecule has 0 aliphatic heterocycles. The van der Waals surface area contributed by atoms with Crippen molar-refractivity contribution in [3.8, 4) is 0 Å². The van der Waals surface area contributed by atoms with Gasteiger partial charge in [0.25, 0.3) is 0 Å². The fourth-order valence-electron chi connectivity index (χ4n) is 1.61. The van der Waals surface area contributed by atoms with Crippen LogP contribution < -0.4 is 5.73 Å². The maximum absolute atomic E-state index is 11.0. The smallest absolute Gasteiger partial charge is 0.305 e. The molecule has 0 saturated heterocycles. The van der Waals surface area contributed by atoms with E-state index in [-0.39, 0.29) is 12.0 Å². The molecule has 0 saturated carbocycles. The predicted molar refractivity (Wildman–Crippen MR) is 75.6 cm³/mol. The van der Waals surface area contributed by atoms with E-state index in [1.54, 1.807) is 0 Å². The molecule has 0 aliphatic rings. The van der Waals surface area contributed by atoms with Gasteiger partial charge >= 0.3 is 5.97 Å². The number of ether oxygens (including phenoxy) is 1. The normalized spacial score (nSPS) is 12.5. The van der Waals surface area contributed by atoms with Gasteiger partial charge in [-0.3, -0.25) is 4.79 Å². The van der Waals surface area contributed by atoms with Crippen molar-refractivity contribution in [1.82, 2.24) is 0 Å². The molecule has 4 heteroatoms. The molecule has 1 aromatic rings. The van der Waals surface area contributed by atoms with Gasteiger partial charge in [-0.2, -0.15) is 0 Å². The third-order valence-electron chi connectivity index (χ3n) is 2.57. The Morgan fingerprint density at radius 1 is 1.33 bits per heavy atom. The van der Waals surface area contributed by atoms with E-state index in [1.807, 2.05) is 23.9 Å². The van der Waals surface area contributed by atoms with Crippen LogP contribution in [0.25, 0.3) is 0 Å². The Labute approximate surface area is 113 Å². The van der Waals surface area contributed by atoms with Crippen LogP contribution in [0.15, 0.2) is 29.2 Å². The lowest BCUT2D eigenvalue weighted by atomic mass is 10.0. The minimum absolute atomic E-state index is 0.109. The molecular formula is C14H21NO2S. The summed E-state index contributed by atoms with van der Waals surface area (Å²) in [5.74, 6) is -0.211. The number of rotatable bonds is 6. The van der Waals surface area contributed by atoms with Crippen LogP contribution in [-0.4, -0.2) is 18.3 Å². The monoisotopic (exact) mass is 267 g/mol. The van der Waals surface area contributed by atoms with Crippen LogP contribution in [0.5, 0.6) is 0 Å². The van der Waals surface area contributed by atoms with Crippen molar-refractivity contribution in [1.29, 1.82) is 0 Å². The van der Waals surface area contributed by atoms with Gasteiger partial charge in [-0.1, -0.05) is 26.0 Å². The fourth-order valence-corrected chi connectivity index (χ4v) is 2.45. The predicted octanol–water partition coefficient (Wildman–Crippen LogP) is 3.14. The molecular weight excluding hydrogens is 246 g/mol. The summed E-state index contributed by atoms with van der Waals surface area (Å²) in [6.45, 7) is 4.33. The van der Waals surface area contributed by atoms with Crippen LogP contribution in [0.4, 0.5) is 0 Å². The zero-order chi connectivity index (χ0) is 13.5. The van der Waals surface area contributed by atoms with Crippen molar-refractivity contribution >= 4 is 17.7 Å². The highest BCUT2D eigenvalue weighted by Gasteiger charge is 2.09. The third-order valence-corrected chi connectivity index (χ3v) is 3.58. The first kappa shape index (κ1) is 15.1. The average Bonchev–Trinajstić information content (AvgIpc) is 2.35. The molecule has 1 rings (SSSR count). The lowest BCUT2D eigenvalue weighted by molar-refractivity contribution is -0.140. The molecule has 0 amide bonds. The zero-order valence-corrected chi connectivity index (χ0v) is 12.0. The third kappa shape index (κ3) is 5.10. The van der Waals surface area contributed by atoms with Gasteiger partial charge in [-0.15, -0.1) is 11.8 Å². The van der Waals surface area contributed by atoms with Crippen LogP contribution in [0, 0.1) is 0 Å². The number of methoxy groups -OCH3 is 1. The Hall–Kier alpha value is -1.00. The van der Waals surface area contributed by atoms with E-state index in [0.29, 0.717) is 18.1 Å². The van der Waals surface area contributed by atoms with Crippen LogP contribution in [-0.2, 0) is 9.53 Å². The average molecular weight is 267 g/mol. The molecule has 3 nitrogen and oxygen atoms in total. The first-order valence-electron chi connectivity index (χ1n) is 6.12. The first-order chi connectivity index (χ1) is 8.52. The van der Waals surface area contributed by atoms with E-state index in [0.717, 1.165) is 5.56 Å². The molecule has 2 N–H and O–H groups in total. The number of esters is 1. The zero-order valence-electron chi connectivity index (χ0n) is 11.2. The van der Waals surface area contributed by atoms with Gasteiger partial charge in [-0.05, 0) is 24.1 Å². The number of hydrogen-bond donors (Lipinski definition) is 1. The Balaban J connectivity index is 2.53. The summed E-state index contributed by atoms with van der Waals surface area (Å²) in [7, 11) is 1.39. The minimum atomic E-state index is -0.211. The van der Waals surface area contributed by atoms with E-state index >= 15 is 0 Å². The van der Waals surface area contributed by atoms with Gasteiger partial charge in [-0.25, -0.2) is 0 Å². The Morgan fingerprint density at radius 2 is 1.94 bits per heavy atom. The SMILES string of the molecule is COC(=O)CCC(N)c1ccc(SC(C)C)cc1. The maximum Gasteiger partial charge on any atom is 0.305 e. The van der Waals surface area contributed by atoms with Gasteiger partial charge in [0.1, 0.15) is 0 Å². The second-order valence-electron chi connectivity index (χ2n) is 4.46. The van der Waals surface area contributed by atoms with Crippen molar-refractivity contribution in [3.63, 3.8) is 0 Å². The highest BCUT2D eigenvalue weighted by molar-refractivity contribution is 7.99. The molecule has 0 radical (unpaired) electrons. The van der Waals surface area contributed by atoms with Crippen LogP contribution in [0.3, 0.4) is 0 Å². The Morgan fingerprint density at radius 3 is 2.44 bits per heavy atom. The summed E-state index contributed by atoms with van der Waals surface area (Å²) < 4.78 is 4.60. The van der Waals surface area contributed by atoms with Gasteiger partial charge in [0.05, 0.1) is 7.11 Å². The second-order valence-corrected chi connectivity index (χ2v) is 6.11. The quantitative estimate of drug-likeness (QED) is 0.635. The van der Waals surface area contributed by atoms with Crippen molar-refractivity contribution in [2.24, 2.45) is 5.73 Å². The molecule has 0 spiro atoms. The molecule has 0 fully saturated rings. The molecule has 100 valence electrons. The minimum Gasteiger partial charge on any atom is -0.469 e. The Kier molecular flexibility index (Phi) is 6.22. The number of nitrogens with two attached hydrogens (primary N) is 1. The molecule has 0 bridgehead atoms. The highest BCUT2D eigenvalue weighted by atomic mass is 32.2. The summed E-state index contributed by atoms with van der Waals surface area (Å²) in [6.07, 6.45) is 0.976. The summed E-state index contributed by atoms with van der Waals surface area (Å²) in [5.41, 5.74) is 7.10. The molecule has 0 aliphatic carbocycles. The lowest BCUT2D eigenvalue weighted by Crippen LogP contribution is -2.12. The number of hydrogen-bond acceptors (Lipinski definition) is 4. The highest BCUT2D eigenvalue weighted by Crippen LogP contribution is 2.25. The number of benzene rings is 1. The molecule has 0 heterocycles. The molecule has 0 aromatic heterocycles.